The molecule has 0 saturated carbocycles. The van der Waals surface area contributed by atoms with E-state index in [-0.39, 0.29) is 22.0 Å². The second-order valence-electron chi connectivity index (χ2n) is 2.84. The number of hydrogen-bond donors (Lipinski definition) is 1. The smallest absolute Gasteiger partial charge is 0.148 e. The molecule has 0 radical (unpaired) electrons. The van der Waals surface area contributed by atoms with Crippen molar-refractivity contribution in [1.82, 2.24) is 0 Å². The highest BCUT2D eigenvalue weighted by molar-refractivity contribution is 6.33. The molecule has 1 atom stereocenters. The van der Waals surface area contributed by atoms with Crippen LogP contribution in [-0.2, 0) is 0 Å². The summed E-state index contributed by atoms with van der Waals surface area (Å²) in [6.45, 7) is -0.622. The van der Waals surface area contributed by atoms with Gasteiger partial charge in [-0.2, -0.15) is 0 Å². The normalized spacial score (nSPS) is 12.9. The highest BCUT2D eigenvalue weighted by atomic mass is 35.5. The number of benzene rings is 1. The summed E-state index contributed by atoms with van der Waals surface area (Å²) in [5, 5.41) is 0.117. The lowest BCUT2D eigenvalue weighted by molar-refractivity contribution is 0.435. The molecule has 5 heteroatoms. The number of hydrogen-bond acceptors (Lipinski definition) is 1. The van der Waals surface area contributed by atoms with Gasteiger partial charge in [0.05, 0.1) is 11.7 Å². The summed E-state index contributed by atoms with van der Waals surface area (Å²) in [6.07, 6.45) is 0.0248. The second-order valence-corrected chi connectivity index (χ2v) is 3.66. The molecule has 78 valence electrons. The molecule has 0 spiro atoms. The lowest BCUT2D eigenvalue weighted by Crippen LogP contribution is -2.13. The van der Waals surface area contributed by atoms with Gasteiger partial charge in [0, 0.05) is 16.6 Å². The topological polar surface area (TPSA) is 26.0 Å². The Morgan fingerprint density at radius 1 is 1.29 bits per heavy atom. The van der Waals surface area contributed by atoms with Crippen LogP contribution in [0.15, 0.2) is 12.1 Å². The molecule has 14 heavy (non-hydrogen) atoms. The number of alkyl halides is 1. The van der Waals surface area contributed by atoms with E-state index < -0.39 is 18.5 Å². The molecule has 0 aliphatic rings. The Labute approximate surface area is 90.8 Å². The highest BCUT2D eigenvalue weighted by Gasteiger charge is 2.17. The van der Waals surface area contributed by atoms with Crippen molar-refractivity contribution in [3.8, 4) is 0 Å². The predicted octanol–water partition coefficient (Wildman–Crippen LogP) is 3.49. The Morgan fingerprint density at radius 3 is 2.43 bits per heavy atom. The second kappa shape index (κ2) is 4.91. The molecule has 2 N–H and O–H groups in total. The molecule has 0 amide bonds. The van der Waals surface area contributed by atoms with Crippen LogP contribution in [0.2, 0.25) is 10.0 Å². The molecule has 0 saturated heterocycles. The lowest BCUT2D eigenvalue weighted by Gasteiger charge is -2.13. The molecule has 1 aromatic rings. The predicted molar refractivity (Wildman–Crippen MR) is 53.9 cm³/mol. The first-order valence-electron chi connectivity index (χ1n) is 4.03. The van der Waals surface area contributed by atoms with Crippen LogP contribution in [0.25, 0.3) is 0 Å². The molecule has 0 unspecified atom stereocenters. The first-order chi connectivity index (χ1) is 6.57. The molecule has 0 aliphatic carbocycles. The van der Waals surface area contributed by atoms with Crippen molar-refractivity contribution in [2.75, 3.05) is 6.67 Å². The molecule has 0 aromatic heterocycles. The van der Waals surface area contributed by atoms with E-state index in [1.807, 2.05) is 0 Å². The zero-order valence-corrected chi connectivity index (χ0v) is 8.75. The van der Waals surface area contributed by atoms with E-state index in [2.05, 4.69) is 0 Å². The molecule has 1 aromatic carbocycles. The summed E-state index contributed by atoms with van der Waals surface area (Å²) in [6, 6.07) is 2.02. The van der Waals surface area contributed by atoms with Gasteiger partial charge in [-0.1, -0.05) is 23.2 Å². The van der Waals surface area contributed by atoms with E-state index in [0.29, 0.717) is 0 Å². The van der Waals surface area contributed by atoms with E-state index in [1.165, 1.54) is 12.1 Å². The molecule has 0 aliphatic heterocycles. The van der Waals surface area contributed by atoms with E-state index in [4.69, 9.17) is 28.9 Å². The molecule has 0 fully saturated rings. The summed E-state index contributed by atoms with van der Waals surface area (Å²) in [5.74, 6) is -0.667. The summed E-state index contributed by atoms with van der Waals surface area (Å²) < 4.78 is 25.4. The molecular weight excluding hydrogens is 231 g/mol. The van der Waals surface area contributed by atoms with Crippen molar-refractivity contribution in [2.45, 2.75) is 12.5 Å². The van der Waals surface area contributed by atoms with Crippen molar-refractivity contribution in [3.63, 3.8) is 0 Å². The van der Waals surface area contributed by atoms with Crippen LogP contribution in [0, 0.1) is 5.82 Å². The molecular formula is C9H9Cl2F2N. The first-order valence-corrected chi connectivity index (χ1v) is 4.78. The SMILES string of the molecule is N[C@@H](CCF)c1c(Cl)ccc(Cl)c1F. The van der Waals surface area contributed by atoms with E-state index in [9.17, 15) is 8.78 Å². The highest BCUT2D eigenvalue weighted by Crippen LogP contribution is 2.30. The number of nitrogens with two attached hydrogens (primary N) is 1. The lowest BCUT2D eigenvalue weighted by atomic mass is 10.0. The maximum absolute atomic E-state index is 13.4. The third-order valence-electron chi connectivity index (χ3n) is 1.87. The van der Waals surface area contributed by atoms with Crippen LogP contribution in [0.5, 0.6) is 0 Å². The van der Waals surface area contributed by atoms with Crippen LogP contribution >= 0.6 is 23.2 Å². The van der Waals surface area contributed by atoms with Gasteiger partial charge in [-0.05, 0) is 18.6 Å². The van der Waals surface area contributed by atoms with Gasteiger partial charge in [0.25, 0.3) is 0 Å². The average Bonchev–Trinajstić information content (AvgIpc) is 2.13. The minimum atomic E-state index is -0.758. The van der Waals surface area contributed by atoms with Crippen molar-refractivity contribution >= 4 is 23.2 Å². The fourth-order valence-corrected chi connectivity index (χ4v) is 1.60. The quantitative estimate of drug-likeness (QED) is 0.804. The Kier molecular flexibility index (Phi) is 4.11. The van der Waals surface area contributed by atoms with Gasteiger partial charge in [-0.3, -0.25) is 4.39 Å². The van der Waals surface area contributed by atoms with E-state index in [0.717, 1.165) is 0 Å². The van der Waals surface area contributed by atoms with Crippen LogP contribution in [0.3, 0.4) is 0 Å². The van der Waals surface area contributed by atoms with E-state index >= 15 is 0 Å². The summed E-state index contributed by atoms with van der Waals surface area (Å²) in [5.41, 5.74) is 5.63. The first kappa shape index (κ1) is 11.7. The van der Waals surface area contributed by atoms with Gasteiger partial charge >= 0.3 is 0 Å². The van der Waals surface area contributed by atoms with Gasteiger partial charge in [-0.15, -0.1) is 0 Å². The maximum atomic E-state index is 13.4. The third-order valence-corrected chi connectivity index (χ3v) is 2.49. The average molecular weight is 240 g/mol. The van der Waals surface area contributed by atoms with Crippen LogP contribution in [0.1, 0.15) is 18.0 Å². The third kappa shape index (κ3) is 2.35. The Morgan fingerprint density at radius 2 is 1.86 bits per heavy atom. The van der Waals surface area contributed by atoms with Crippen molar-refractivity contribution in [2.24, 2.45) is 5.73 Å². The molecule has 1 rings (SSSR count). The fourth-order valence-electron chi connectivity index (χ4n) is 1.14. The molecule has 1 nitrogen and oxygen atoms in total. The standard InChI is InChI=1S/C9H9Cl2F2N/c10-5-1-2-6(11)9(13)8(5)7(14)3-4-12/h1-2,7H,3-4,14H2/t7-/m0/s1. The van der Waals surface area contributed by atoms with Crippen LogP contribution in [0.4, 0.5) is 8.78 Å². The van der Waals surface area contributed by atoms with Gasteiger partial charge in [0.15, 0.2) is 0 Å². The zero-order valence-electron chi connectivity index (χ0n) is 7.24. The largest absolute Gasteiger partial charge is 0.324 e. The van der Waals surface area contributed by atoms with E-state index in [1.54, 1.807) is 0 Å². The van der Waals surface area contributed by atoms with Gasteiger partial charge < -0.3 is 5.73 Å². The maximum Gasteiger partial charge on any atom is 0.148 e. The summed E-state index contributed by atoms with van der Waals surface area (Å²) >= 11 is 11.3. The molecule has 0 heterocycles. The number of rotatable bonds is 3. The minimum Gasteiger partial charge on any atom is -0.324 e. The Hall–Kier alpha value is -0.380. The van der Waals surface area contributed by atoms with Crippen LogP contribution < -0.4 is 5.73 Å². The summed E-state index contributed by atoms with van der Waals surface area (Å²) in [7, 11) is 0. The van der Waals surface area contributed by atoms with Crippen LogP contribution in [-0.4, -0.2) is 6.67 Å². The Balaban J connectivity index is 3.11. The van der Waals surface area contributed by atoms with Crippen molar-refractivity contribution in [3.05, 3.63) is 33.6 Å². The van der Waals surface area contributed by atoms with Gasteiger partial charge in [-0.25, -0.2) is 4.39 Å². The Bertz CT molecular complexity index is 331. The fraction of sp³-hybridized carbons (Fsp3) is 0.333. The monoisotopic (exact) mass is 239 g/mol. The van der Waals surface area contributed by atoms with Gasteiger partial charge in [0.2, 0.25) is 0 Å². The van der Waals surface area contributed by atoms with Gasteiger partial charge in [0.1, 0.15) is 5.82 Å². The number of halogens is 4. The molecule has 0 bridgehead atoms. The minimum absolute atomic E-state index is 0.0248. The van der Waals surface area contributed by atoms with Crippen molar-refractivity contribution in [1.29, 1.82) is 0 Å². The van der Waals surface area contributed by atoms with Crippen molar-refractivity contribution < 1.29 is 8.78 Å². The zero-order chi connectivity index (χ0) is 10.7. The summed E-state index contributed by atoms with van der Waals surface area (Å²) in [4.78, 5) is 0.